The Morgan fingerprint density at radius 1 is 0.839 bits per heavy atom. The number of amides is 2. The van der Waals surface area contributed by atoms with Crippen LogP contribution in [0.3, 0.4) is 0 Å². The van der Waals surface area contributed by atoms with Gasteiger partial charge in [0, 0.05) is 32.6 Å². The molecule has 8 heteroatoms. The number of ether oxygens (including phenoxy) is 1. The van der Waals surface area contributed by atoms with Crippen molar-refractivity contribution in [1.82, 2.24) is 9.80 Å². The van der Waals surface area contributed by atoms with Crippen LogP contribution in [0.5, 0.6) is 5.75 Å². The lowest BCUT2D eigenvalue weighted by Gasteiger charge is -2.34. The molecule has 0 aromatic heterocycles. The zero-order valence-electron chi connectivity index (χ0n) is 17.1. The molecule has 0 N–H and O–H groups in total. The molecule has 1 aliphatic heterocycles. The van der Waals surface area contributed by atoms with Gasteiger partial charge in [-0.3, -0.25) is 9.59 Å². The van der Waals surface area contributed by atoms with Crippen molar-refractivity contribution in [3.8, 4) is 5.75 Å². The lowest BCUT2D eigenvalue weighted by molar-refractivity contribution is -0.140. The van der Waals surface area contributed by atoms with E-state index in [1.807, 2.05) is 30.3 Å². The predicted octanol–water partition coefficient (Wildman–Crippen LogP) is 3.78. The number of carbonyl (C=O) groups excluding carboxylic acids is 2. The molecule has 31 heavy (non-hydrogen) atoms. The van der Waals surface area contributed by atoms with Crippen LogP contribution in [0.4, 0.5) is 13.2 Å². The number of benzene rings is 2. The Balaban J connectivity index is 1.36. The molecule has 1 saturated heterocycles. The van der Waals surface area contributed by atoms with E-state index >= 15 is 0 Å². The van der Waals surface area contributed by atoms with Crippen LogP contribution in [0.15, 0.2) is 54.6 Å². The van der Waals surface area contributed by atoms with E-state index in [4.69, 9.17) is 4.74 Å². The zero-order chi connectivity index (χ0) is 22.3. The van der Waals surface area contributed by atoms with Crippen LogP contribution in [0.1, 0.15) is 24.0 Å². The van der Waals surface area contributed by atoms with Gasteiger partial charge in [-0.1, -0.05) is 30.3 Å². The Labute approximate surface area is 179 Å². The smallest absolute Gasteiger partial charge is 0.416 e. The highest BCUT2D eigenvalue weighted by molar-refractivity contribution is 5.79. The third-order valence-corrected chi connectivity index (χ3v) is 5.23. The van der Waals surface area contributed by atoms with E-state index in [1.165, 1.54) is 17.7 Å². The van der Waals surface area contributed by atoms with Crippen molar-refractivity contribution in [3.63, 3.8) is 0 Å². The standard InChI is InChI=1S/C23H25F3N2O3/c24-23(25,26)19-9-11-20(12-10-19)31-17-22(30)28-15-13-27(14-16-28)21(29)8-4-7-18-5-2-1-3-6-18/h1-3,5-6,9-12H,4,7-8,13-17H2. The van der Waals surface area contributed by atoms with Gasteiger partial charge in [0.15, 0.2) is 6.61 Å². The molecule has 2 aromatic carbocycles. The molecule has 0 spiro atoms. The van der Waals surface area contributed by atoms with Gasteiger partial charge >= 0.3 is 6.18 Å². The van der Waals surface area contributed by atoms with E-state index < -0.39 is 11.7 Å². The Kier molecular flexibility index (Phi) is 7.55. The maximum absolute atomic E-state index is 12.6. The molecule has 0 radical (unpaired) electrons. The fourth-order valence-electron chi connectivity index (χ4n) is 3.43. The summed E-state index contributed by atoms with van der Waals surface area (Å²) in [5.74, 6) is 0.0358. The van der Waals surface area contributed by atoms with E-state index in [0.717, 1.165) is 25.0 Å². The summed E-state index contributed by atoms with van der Waals surface area (Å²) in [5, 5.41) is 0. The normalized spacial score (nSPS) is 14.4. The third kappa shape index (κ3) is 6.73. The first-order valence-electron chi connectivity index (χ1n) is 10.2. The number of piperazine rings is 1. The summed E-state index contributed by atoms with van der Waals surface area (Å²) in [6.45, 7) is 1.52. The molecule has 0 bridgehead atoms. The summed E-state index contributed by atoms with van der Waals surface area (Å²) in [6.07, 6.45) is -2.30. The number of hydrogen-bond acceptors (Lipinski definition) is 3. The Bertz CT molecular complexity index is 862. The highest BCUT2D eigenvalue weighted by Gasteiger charge is 2.30. The van der Waals surface area contributed by atoms with E-state index in [0.29, 0.717) is 32.6 Å². The molecule has 1 aliphatic rings. The fourth-order valence-corrected chi connectivity index (χ4v) is 3.43. The van der Waals surface area contributed by atoms with Crippen molar-refractivity contribution in [3.05, 3.63) is 65.7 Å². The first-order chi connectivity index (χ1) is 14.8. The Morgan fingerprint density at radius 3 is 2.00 bits per heavy atom. The number of rotatable bonds is 7. The number of aryl methyl sites for hydroxylation is 1. The van der Waals surface area contributed by atoms with E-state index in [9.17, 15) is 22.8 Å². The summed E-state index contributed by atoms with van der Waals surface area (Å²) < 4.78 is 43.1. The van der Waals surface area contributed by atoms with Crippen LogP contribution in [0, 0.1) is 0 Å². The summed E-state index contributed by atoms with van der Waals surface area (Å²) in [7, 11) is 0. The molecular weight excluding hydrogens is 409 g/mol. The highest BCUT2D eigenvalue weighted by Crippen LogP contribution is 2.30. The van der Waals surface area contributed by atoms with Gasteiger partial charge in [-0.2, -0.15) is 13.2 Å². The topological polar surface area (TPSA) is 49.9 Å². The maximum Gasteiger partial charge on any atom is 0.416 e. The van der Waals surface area contributed by atoms with Crippen LogP contribution in [0.2, 0.25) is 0 Å². The average molecular weight is 434 g/mol. The summed E-state index contributed by atoms with van der Waals surface area (Å²) in [5.41, 5.74) is 0.439. The van der Waals surface area contributed by atoms with Crippen molar-refractivity contribution in [1.29, 1.82) is 0 Å². The molecule has 166 valence electrons. The van der Waals surface area contributed by atoms with Crippen LogP contribution in [-0.2, 0) is 22.2 Å². The second kappa shape index (κ2) is 10.3. The lowest BCUT2D eigenvalue weighted by atomic mass is 10.1. The first kappa shape index (κ1) is 22.7. The van der Waals surface area contributed by atoms with E-state index in [-0.39, 0.29) is 24.2 Å². The molecule has 5 nitrogen and oxygen atoms in total. The second-order valence-corrected chi connectivity index (χ2v) is 7.41. The predicted molar refractivity (Wildman–Crippen MR) is 109 cm³/mol. The first-order valence-corrected chi connectivity index (χ1v) is 10.2. The molecule has 2 amide bonds. The summed E-state index contributed by atoms with van der Waals surface area (Å²) in [6, 6.07) is 14.2. The van der Waals surface area contributed by atoms with Crippen LogP contribution >= 0.6 is 0 Å². The minimum atomic E-state index is -4.41. The average Bonchev–Trinajstić information content (AvgIpc) is 2.78. The molecule has 0 aliphatic carbocycles. The number of halogens is 3. The van der Waals surface area contributed by atoms with E-state index in [1.54, 1.807) is 9.80 Å². The molecular formula is C23H25F3N2O3. The van der Waals surface area contributed by atoms with Crippen molar-refractivity contribution < 1.29 is 27.5 Å². The van der Waals surface area contributed by atoms with Gasteiger partial charge in [-0.25, -0.2) is 0 Å². The number of alkyl halides is 3. The molecule has 0 unspecified atom stereocenters. The third-order valence-electron chi connectivity index (χ3n) is 5.23. The van der Waals surface area contributed by atoms with Gasteiger partial charge in [0.25, 0.3) is 5.91 Å². The molecule has 2 aromatic rings. The van der Waals surface area contributed by atoms with E-state index in [2.05, 4.69) is 0 Å². The molecule has 0 atom stereocenters. The molecule has 1 heterocycles. The van der Waals surface area contributed by atoms with Crippen molar-refractivity contribution >= 4 is 11.8 Å². The SMILES string of the molecule is O=C(CCCc1ccccc1)N1CCN(C(=O)COc2ccc(C(F)(F)F)cc2)CC1. The maximum atomic E-state index is 12.6. The van der Waals surface area contributed by atoms with Crippen molar-refractivity contribution in [2.45, 2.75) is 25.4 Å². The summed E-state index contributed by atoms with van der Waals surface area (Å²) >= 11 is 0. The largest absolute Gasteiger partial charge is 0.484 e. The fraction of sp³-hybridized carbons (Fsp3) is 0.391. The molecule has 1 fully saturated rings. The number of hydrogen-bond donors (Lipinski definition) is 0. The highest BCUT2D eigenvalue weighted by atomic mass is 19.4. The van der Waals surface area contributed by atoms with Gasteiger partial charge in [0.2, 0.25) is 5.91 Å². The van der Waals surface area contributed by atoms with Gasteiger partial charge in [-0.15, -0.1) is 0 Å². The van der Waals surface area contributed by atoms with Crippen LogP contribution < -0.4 is 4.74 Å². The monoisotopic (exact) mass is 434 g/mol. The minimum Gasteiger partial charge on any atom is -0.484 e. The van der Waals surface area contributed by atoms with Gasteiger partial charge in [0.1, 0.15) is 5.75 Å². The molecule has 3 rings (SSSR count). The number of carbonyl (C=O) groups is 2. The van der Waals surface area contributed by atoms with Crippen molar-refractivity contribution in [2.75, 3.05) is 32.8 Å². The van der Waals surface area contributed by atoms with Gasteiger partial charge in [-0.05, 0) is 42.7 Å². The van der Waals surface area contributed by atoms with Gasteiger partial charge in [0.05, 0.1) is 5.56 Å². The number of nitrogens with zero attached hydrogens (tertiary/aromatic N) is 2. The van der Waals surface area contributed by atoms with Crippen molar-refractivity contribution in [2.24, 2.45) is 0 Å². The second-order valence-electron chi connectivity index (χ2n) is 7.41. The van der Waals surface area contributed by atoms with Crippen LogP contribution in [0.25, 0.3) is 0 Å². The summed E-state index contributed by atoms with van der Waals surface area (Å²) in [4.78, 5) is 28.1. The van der Waals surface area contributed by atoms with Crippen LogP contribution in [-0.4, -0.2) is 54.4 Å². The lowest BCUT2D eigenvalue weighted by Crippen LogP contribution is -2.51. The minimum absolute atomic E-state index is 0.0871. The van der Waals surface area contributed by atoms with Gasteiger partial charge < -0.3 is 14.5 Å². The Hall–Kier alpha value is -3.03. The Morgan fingerprint density at radius 2 is 1.42 bits per heavy atom. The quantitative estimate of drug-likeness (QED) is 0.667. The zero-order valence-corrected chi connectivity index (χ0v) is 17.1. The molecule has 0 saturated carbocycles.